The van der Waals surface area contributed by atoms with Gasteiger partial charge in [-0.05, 0) is 26.4 Å². The van der Waals surface area contributed by atoms with Gasteiger partial charge in [0.15, 0.2) is 0 Å². The monoisotopic (exact) mass is 143 g/mol. The maximum atomic E-state index is 8.94. The molecule has 1 unspecified atom stereocenters. The lowest BCUT2D eigenvalue weighted by molar-refractivity contribution is 0.148. The van der Waals surface area contributed by atoms with Crippen molar-refractivity contribution in [2.75, 3.05) is 20.2 Å². The summed E-state index contributed by atoms with van der Waals surface area (Å²) < 4.78 is 0. The first-order valence-corrected chi connectivity index (χ1v) is 4.15. The van der Waals surface area contributed by atoms with Gasteiger partial charge in [-0.2, -0.15) is 0 Å². The van der Waals surface area contributed by atoms with Crippen LogP contribution in [0.2, 0.25) is 0 Å². The van der Waals surface area contributed by atoms with Crippen molar-refractivity contribution in [3.63, 3.8) is 0 Å². The Hall–Kier alpha value is -0.0800. The maximum Gasteiger partial charge on any atom is 0.0586 e. The summed E-state index contributed by atoms with van der Waals surface area (Å²) in [4.78, 5) is 2.27. The molecule has 2 nitrogen and oxygen atoms in total. The fraction of sp³-hybridized carbons (Fsp3) is 1.00. The summed E-state index contributed by atoms with van der Waals surface area (Å²) in [5, 5.41) is 8.94. The second kappa shape index (κ2) is 3.94. The SMILES string of the molecule is CN1CCCCCC1CO. The standard InChI is InChI=1S/C8H17NO/c1-9-6-4-2-3-5-8(9)7-10/h8,10H,2-7H2,1H3. The predicted molar refractivity (Wildman–Crippen MR) is 42.0 cm³/mol. The van der Waals surface area contributed by atoms with Gasteiger partial charge in [0.2, 0.25) is 0 Å². The number of hydrogen-bond donors (Lipinski definition) is 1. The van der Waals surface area contributed by atoms with Gasteiger partial charge in [0.25, 0.3) is 0 Å². The minimum Gasteiger partial charge on any atom is -0.395 e. The van der Waals surface area contributed by atoms with Crippen LogP contribution in [0.3, 0.4) is 0 Å². The first-order valence-electron chi connectivity index (χ1n) is 4.15. The van der Waals surface area contributed by atoms with Crippen molar-refractivity contribution in [2.45, 2.75) is 31.7 Å². The summed E-state index contributed by atoms with van der Waals surface area (Å²) in [7, 11) is 2.10. The highest BCUT2D eigenvalue weighted by molar-refractivity contribution is 4.70. The molecule has 1 atom stereocenters. The van der Waals surface area contributed by atoms with Gasteiger partial charge in [-0.15, -0.1) is 0 Å². The van der Waals surface area contributed by atoms with Gasteiger partial charge in [-0.1, -0.05) is 12.8 Å². The third kappa shape index (κ3) is 1.96. The third-order valence-corrected chi connectivity index (χ3v) is 2.38. The van der Waals surface area contributed by atoms with Crippen molar-refractivity contribution < 1.29 is 5.11 Å². The Bertz CT molecular complexity index is 95.3. The van der Waals surface area contributed by atoms with E-state index in [2.05, 4.69) is 11.9 Å². The summed E-state index contributed by atoms with van der Waals surface area (Å²) in [5.41, 5.74) is 0. The topological polar surface area (TPSA) is 23.5 Å². The van der Waals surface area contributed by atoms with E-state index in [9.17, 15) is 0 Å². The van der Waals surface area contributed by atoms with Crippen molar-refractivity contribution in [3.05, 3.63) is 0 Å². The minimum absolute atomic E-state index is 0.330. The molecule has 1 aliphatic rings. The van der Waals surface area contributed by atoms with E-state index in [0.29, 0.717) is 12.6 Å². The Morgan fingerprint density at radius 3 is 2.90 bits per heavy atom. The van der Waals surface area contributed by atoms with Gasteiger partial charge in [0.1, 0.15) is 0 Å². The summed E-state index contributed by atoms with van der Waals surface area (Å²) in [6.45, 7) is 1.49. The van der Waals surface area contributed by atoms with E-state index in [4.69, 9.17) is 5.11 Å². The second-order valence-corrected chi connectivity index (χ2v) is 3.17. The average Bonchev–Trinajstić information content (AvgIpc) is 2.13. The molecule has 0 saturated carbocycles. The van der Waals surface area contributed by atoms with Crippen LogP contribution in [0, 0.1) is 0 Å². The van der Waals surface area contributed by atoms with Gasteiger partial charge >= 0.3 is 0 Å². The number of nitrogens with zero attached hydrogens (tertiary/aromatic N) is 1. The van der Waals surface area contributed by atoms with Crippen LogP contribution < -0.4 is 0 Å². The van der Waals surface area contributed by atoms with Crippen LogP contribution in [0.25, 0.3) is 0 Å². The van der Waals surface area contributed by atoms with Crippen molar-refractivity contribution in [1.29, 1.82) is 0 Å². The summed E-state index contributed by atoms with van der Waals surface area (Å²) >= 11 is 0. The zero-order valence-corrected chi connectivity index (χ0v) is 6.71. The Balaban J connectivity index is 2.35. The van der Waals surface area contributed by atoms with Crippen LogP contribution in [-0.2, 0) is 0 Å². The second-order valence-electron chi connectivity index (χ2n) is 3.17. The van der Waals surface area contributed by atoms with E-state index < -0.39 is 0 Å². The van der Waals surface area contributed by atoms with Crippen molar-refractivity contribution in [2.24, 2.45) is 0 Å². The van der Waals surface area contributed by atoms with Crippen LogP contribution in [0.15, 0.2) is 0 Å². The van der Waals surface area contributed by atoms with Gasteiger partial charge in [0, 0.05) is 6.04 Å². The highest BCUT2D eigenvalue weighted by Gasteiger charge is 2.15. The number of aliphatic hydroxyl groups excluding tert-OH is 1. The number of rotatable bonds is 1. The Morgan fingerprint density at radius 1 is 1.40 bits per heavy atom. The van der Waals surface area contributed by atoms with Crippen LogP contribution in [-0.4, -0.2) is 36.2 Å². The highest BCUT2D eigenvalue weighted by Crippen LogP contribution is 2.13. The molecular weight excluding hydrogens is 126 g/mol. The molecule has 2 heteroatoms. The molecule has 0 spiro atoms. The molecule has 0 radical (unpaired) electrons. The van der Waals surface area contributed by atoms with E-state index >= 15 is 0 Å². The fourth-order valence-corrected chi connectivity index (χ4v) is 1.55. The summed E-state index contributed by atoms with van der Waals surface area (Å²) in [6, 6.07) is 0.433. The molecule has 0 aromatic rings. The zero-order valence-electron chi connectivity index (χ0n) is 6.71. The first-order chi connectivity index (χ1) is 4.84. The van der Waals surface area contributed by atoms with Crippen molar-refractivity contribution in [3.8, 4) is 0 Å². The number of hydrogen-bond acceptors (Lipinski definition) is 2. The van der Waals surface area contributed by atoms with E-state index in [-0.39, 0.29) is 0 Å². The van der Waals surface area contributed by atoms with E-state index in [1.807, 2.05) is 0 Å². The summed E-state index contributed by atoms with van der Waals surface area (Å²) in [6.07, 6.45) is 5.09. The molecular formula is C8H17NO. The lowest BCUT2D eigenvalue weighted by atomic mass is 10.1. The lowest BCUT2D eigenvalue weighted by Gasteiger charge is -2.22. The molecule has 60 valence electrons. The molecule has 1 fully saturated rings. The van der Waals surface area contributed by atoms with Crippen LogP contribution in [0.1, 0.15) is 25.7 Å². The largest absolute Gasteiger partial charge is 0.395 e. The minimum atomic E-state index is 0.330. The summed E-state index contributed by atoms with van der Waals surface area (Å²) in [5.74, 6) is 0. The van der Waals surface area contributed by atoms with E-state index in [1.54, 1.807) is 0 Å². The molecule has 1 saturated heterocycles. The van der Waals surface area contributed by atoms with Gasteiger partial charge in [-0.3, -0.25) is 0 Å². The Morgan fingerprint density at radius 2 is 2.20 bits per heavy atom. The van der Waals surface area contributed by atoms with Crippen LogP contribution in [0.4, 0.5) is 0 Å². The van der Waals surface area contributed by atoms with Gasteiger partial charge in [-0.25, -0.2) is 0 Å². The predicted octanol–water partition coefficient (Wildman–Crippen LogP) is 0.853. The van der Waals surface area contributed by atoms with Crippen LogP contribution >= 0.6 is 0 Å². The number of aliphatic hydroxyl groups is 1. The fourth-order valence-electron chi connectivity index (χ4n) is 1.55. The molecule has 1 N–H and O–H groups in total. The number of likely N-dealkylation sites (tertiary alicyclic amines) is 1. The third-order valence-electron chi connectivity index (χ3n) is 2.38. The van der Waals surface area contributed by atoms with E-state index in [1.165, 1.54) is 25.7 Å². The van der Waals surface area contributed by atoms with Crippen molar-refractivity contribution >= 4 is 0 Å². The quantitative estimate of drug-likeness (QED) is 0.588. The first kappa shape index (κ1) is 8.02. The molecule has 1 heterocycles. The molecule has 0 aliphatic carbocycles. The Labute approximate surface area is 62.8 Å². The normalized spacial score (nSPS) is 30.0. The Kier molecular flexibility index (Phi) is 3.16. The average molecular weight is 143 g/mol. The molecule has 0 aromatic carbocycles. The number of likely N-dealkylation sites (N-methyl/N-ethyl adjacent to an activating group) is 1. The molecule has 10 heavy (non-hydrogen) atoms. The molecule has 0 amide bonds. The van der Waals surface area contributed by atoms with E-state index in [0.717, 1.165) is 6.54 Å². The van der Waals surface area contributed by atoms with Crippen LogP contribution in [0.5, 0.6) is 0 Å². The lowest BCUT2D eigenvalue weighted by Crippen LogP contribution is -2.33. The molecule has 1 rings (SSSR count). The highest BCUT2D eigenvalue weighted by atomic mass is 16.3. The van der Waals surface area contributed by atoms with Gasteiger partial charge in [0.05, 0.1) is 6.61 Å². The van der Waals surface area contributed by atoms with Crippen molar-refractivity contribution in [1.82, 2.24) is 4.90 Å². The molecule has 0 aromatic heterocycles. The molecule has 1 aliphatic heterocycles. The smallest absolute Gasteiger partial charge is 0.0586 e. The van der Waals surface area contributed by atoms with Gasteiger partial charge < -0.3 is 10.0 Å². The molecule has 0 bridgehead atoms. The maximum absolute atomic E-state index is 8.94. The zero-order chi connectivity index (χ0) is 7.40.